The molecule has 2 aliphatic heterocycles. The number of anilines is 2. The maximum absolute atomic E-state index is 13.1. The molecule has 34 heavy (non-hydrogen) atoms. The standard InChI is InChI=1S/C27H26N2O5/c1-15-11-20(34-27(33)18-13-22(30)28(14-18)19-5-3-2-4-6-19)9-10-21(15)29-25(31)23-16-7-8-17(12-16)24(23)26(29)32/h2-6,9-11,16-18,23-24H,7-8,12-14H2,1H3/t16-,17-,18+,23+,24+/m0/s1. The van der Waals surface area contributed by atoms with Gasteiger partial charge in [0.2, 0.25) is 17.7 Å². The normalized spacial score (nSPS) is 29.8. The van der Waals surface area contributed by atoms with Gasteiger partial charge in [-0.05, 0) is 73.9 Å². The van der Waals surface area contributed by atoms with Crippen LogP contribution >= 0.6 is 0 Å². The Bertz CT molecular complexity index is 1180. The van der Waals surface area contributed by atoms with E-state index in [2.05, 4.69) is 0 Å². The number of fused-ring (bicyclic) bond motifs is 5. The van der Waals surface area contributed by atoms with E-state index in [0.717, 1.165) is 24.9 Å². The minimum atomic E-state index is -0.552. The summed E-state index contributed by atoms with van der Waals surface area (Å²) >= 11 is 0. The zero-order chi connectivity index (χ0) is 23.6. The van der Waals surface area contributed by atoms with Crippen molar-refractivity contribution in [3.8, 4) is 5.75 Å². The Morgan fingerprint density at radius 2 is 1.62 bits per heavy atom. The number of carbonyl (C=O) groups is 4. The van der Waals surface area contributed by atoms with Gasteiger partial charge in [-0.1, -0.05) is 18.2 Å². The number of hydrogen-bond donors (Lipinski definition) is 0. The third kappa shape index (κ3) is 3.17. The summed E-state index contributed by atoms with van der Waals surface area (Å²) in [5.74, 6) is -0.612. The van der Waals surface area contributed by atoms with Crippen LogP contribution in [0.5, 0.6) is 5.75 Å². The van der Waals surface area contributed by atoms with Gasteiger partial charge >= 0.3 is 5.97 Å². The van der Waals surface area contributed by atoms with Gasteiger partial charge in [0.05, 0.1) is 23.4 Å². The first-order valence-corrected chi connectivity index (χ1v) is 12.0. The molecule has 4 fully saturated rings. The second-order valence-corrected chi connectivity index (χ2v) is 10.0. The first kappa shape index (κ1) is 21.1. The molecule has 0 unspecified atom stereocenters. The molecule has 2 aromatic carbocycles. The summed E-state index contributed by atoms with van der Waals surface area (Å²) in [7, 11) is 0. The van der Waals surface area contributed by atoms with E-state index < -0.39 is 11.9 Å². The summed E-state index contributed by atoms with van der Waals surface area (Å²) in [5.41, 5.74) is 2.03. The molecule has 6 rings (SSSR count). The largest absolute Gasteiger partial charge is 0.426 e. The molecule has 2 heterocycles. The highest BCUT2D eigenvalue weighted by atomic mass is 16.5. The molecule has 0 radical (unpaired) electrons. The number of esters is 1. The van der Waals surface area contributed by atoms with Gasteiger partial charge in [-0.2, -0.15) is 0 Å². The number of aryl methyl sites for hydroxylation is 1. The summed E-state index contributed by atoms with van der Waals surface area (Å²) in [6.45, 7) is 2.09. The van der Waals surface area contributed by atoms with Gasteiger partial charge in [0.1, 0.15) is 5.75 Å². The molecule has 0 aromatic heterocycles. The van der Waals surface area contributed by atoms with Crippen LogP contribution in [0.25, 0.3) is 0 Å². The van der Waals surface area contributed by atoms with Crippen molar-refractivity contribution in [3.05, 3.63) is 54.1 Å². The van der Waals surface area contributed by atoms with Crippen LogP contribution in [-0.2, 0) is 19.2 Å². The Balaban J connectivity index is 1.16. The maximum atomic E-state index is 13.1. The predicted octanol–water partition coefficient (Wildman–Crippen LogP) is 3.49. The molecule has 2 saturated heterocycles. The second-order valence-electron chi connectivity index (χ2n) is 10.0. The molecule has 5 atom stereocenters. The van der Waals surface area contributed by atoms with Crippen molar-refractivity contribution in [3.63, 3.8) is 0 Å². The molecule has 2 saturated carbocycles. The van der Waals surface area contributed by atoms with Gasteiger partial charge in [0.15, 0.2) is 0 Å². The summed E-state index contributed by atoms with van der Waals surface area (Å²) < 4.78 is 5.60. The number of imide groups is 1. The van der Waals surface area contributed by atoms with Crippen molar-refractivity contribution in [2.75, 3.05) is 16.3 Å². The Labute approximate surface area is 197 Å². The molecule has 2 aromatic rings. The molecule has 7 nitrogen and oxygen atoms in total. The van der Waals surface area contributed by atoms with Crippen molar-refractivity contribution >= 4 is 35.1 Å². The van der Waals surface area contributed by atoms with Crippen molar-refractivity contribution in [2.45, 2.75) is 32.6 Å². The topological polar surface area (TPSA) is 84.0 Å². The highest BCUT2D eigenvalue weighted by molar-refractivity contribution is 6.23. The van der Waals surface area contributed by atoms with Gasteiger partial charge in [-0.15, -0.1) is 0 Å². The Morgan fingerprint density at radius 1 is 0.941 bits per heavy atom. The smallest absolute Gasteiger partial charge is 0.316 e. The molecule has 7 heteroatoms. The van der Waals surface area contributed by atoms with Crippen LogP contribution in [-0.4, -0.2) is 30.2 Å². The van der Waals surface area contributed by atoms with Gasteiger partial charge in [0.25, 0.3) is 0 Å². The fourth-order valence-electron chi connectivity index (χ4n) is 6.51. The lowest BCUT2D eigenvalue weighted by atomic mass is 9.81. The number of rotatable bonds is 4. The Hall–Kier alpha value is -3.48. The van der Waals surface area contributed by atoms with E-state index in [1.165, 1.54) is 4.90 Å². The predicted molar refractivity (Wildman–Crippen MR) is 124 cm³/mol. The molecule has 4 aliphatic rings. The van der Waals surface area contributed by atoms with Crippen molar-refractivity contribution in [1.29, 1.82) is 0 Å². The van der Waals surface area contributed by atoms with Gasteiger partial charge in [-0.3, -0.25) is 19.2 Å². The van der Waals surface area contributed by atoms with Crippen LogP contribution in [0.2, 0.25) is 0 Å². The molecular weight excluding hydrogens is 432 g/mol. The summed E-state index contributed by atoms with van der Waals surface area (Å²) in [4.78, 5) is 54.5. The zero-order valence-corrected chi connectivity index (χ0v) is 19.0. The number of para-hydroxylation sites is 1. The summed E-state index contributed by atoms with van der Waals surface area (Å²) in [6, 6.07) is 14.3. The average molecular weight is 459 g/mol. The van der Waals surface area contributed by atoms with E-state index in [1.807, 2.05) is 37.3 Å². The van der Waals surface area contributed by atoms with Crippen LogP contribution in [0, 0.1) is 36.5 Å². The summed E-state index contributed by atoms with van der Waals surface area (Å²) in [5, 5.41) is 0. The van der Waals surface area contributed by atoms with Crippen LogP contribution < -0.4 is 14.5 Å². The van der Waals surface area contributed by atoms with Crippen LogP contribution in [0.3, 0.4) is 0 Å². The van der Waals surface area contributed by atoms with Crippen LogP contribution in [0.4, 0.5) is 11.4 Å². The minimum absolute atomic E-state index is 0.0829. The molecular formula is C27H26N2O5. The molecule has 0 N–H and O–H groups in total. The van der Waals surface area contributed by atoms with Gasteiger partial charge in [-0.25, -0.2) is 4.90 Å². The van der Waals surface area contributed by atoms with E-state index >= 15 is 0 Å². The van der Waals surface area contributed by atoms with Crippen LogP contribution in [0.1, 0.15) is 31.2 Å². The van der Waals surface area contributed by atoms with Crippen molar-refractivity contribution in [2.24, 2.45) is 29.6 Å². The molecule has 2 bridgehead atoms. The lowest BCUT2D eigenvalue weighted by molar-refractivity contribution is -0.139. The number of benzene rings is 2. The fourth-order valence-corrected chi connectivity index (χ4v) is 6.51. The van der Waals surface area contributed by atoms with E-state index in [0.29, 0.717) is 28.8 Å². The third-order valence-electron chi connectivity index (χ3n) is 8.08. The second kappa shape index (κ2) is 7.79. The number of hydrogen-bond acceptors (Lipinski definition) is 5. The van der Waals surface area contributed by atoms with Crippen LogP contribution in [0.15, 0.2) is 48.5 Å². The summed E-state index contributed by atoms with van der Waals surface area (Å²) in [6.07, 6.45) is 3.18. The van der Waals surface area contributed by atoms with E-state index in [1.54, 1.807) is 23.1 Å². The average Bonchev–Trinajstić information content (AvgIpc) is 3.59. The van der Waals surface area contributed by atoms with E-state index in [-0.39, 0.29) is 42.5 Å². The first-order valence-electron chi connectivity index (χ1n) is 12.0. The monoisotopic (exact) mass is 458 g/mol. The van der Waals surface area contributed by atoms with Crippen molar-refractivity contribution < 1.29 is 23.9 Å². The molecule has 3 amide bonds. The Kier molecular flexibility index (Phi) is 4.83. The number of ether oxygens (including phenoxy) is 1. The number of carbonyl (C=O) groups excluding carboxylic acids is 4. The lowest BCUT2D eigenvalue weighted by Gasteiger charge is -2.20. The SMILES string of the molecule is Cc1cc(OC(=O)[C@@H]2CC(=O)N(c3ccccc3)C2)ccc1N1C(=O)[C@@H]2[C@H]3CC[C@@H](C3)[C@H]2C1=O. The number of nitrogens with zero attached hydrogens (tertiary/aromatic N) is 2. The van der Waals surface area contributed by atoms with Gasteiger partial charge < -0.3 is 9.64 Å². The van der Waals surface area contributed by atoms with E-state index in [9.17, 15) is 19.2 Å². The molecule has 0 spiro atoms. The number of amides is 3. The zero-order valence-electron chi connectivity index (χ0n) is 19.0. The fraction of sp³-hybridized carbons (Fsp3) is 0.407. The van der Waals surface area contributed by atoms with E-state index in [4.69, 9.17) is 4.74 Å². The third-order valence-corrected chi connectivity index (χ3v) is 8.08. The first-order chi connectivity index (χ1) is 16.4. The maximum Gasteiger partial charge on any atom is 0.316 e. The molecule has 174 valence electrons. The van der Waals surface area contributed by atoms with Gasteiger partial charge in [0, 0.05) is 18.7 Å². The lowest BCUT2D eigenvalue weighted by Crippen LogP contribution is -2.33. The minimum Gasteiger partial charge on any atom is -0.426 e. The van der Waals surface area contributed by atoms with Crippen molar-refractivity contribution in [1.82, 2.24) is 0 Å². The molecule has 2 aliphatic carbocycles. The highest BCUT2D eigenvalue weighted by Gasteiger charge is 2.61. The Morgan fingerprint density at radius 3 is 2.26 bits per heavy atom. The quantitative estimate of drug-likeness (QED) is 0.398. The highest BCUT2D eigenvalue weighted by Crippen LogP contribution is 2.56.